The van der Waals surface area contributed by atoms with Crippen LogP contribution in [0.3, 0.4) is 0 Å². The Morgan fingerprint density at radius 1 is 1.06 bits per heavy atom. The number of hydrogen-bond donors (Lipinski definition) is 1. The molecule has 0 saturated heterocycles. The van der Waals surface area contributed by atoms with E-state index in [-0.39, 0.29) is 6.61 Å². The van der Waals surface area contributed by atoms with E-state index in [9.17, 15) is 5.11 Å². The predicted molar refractivity (Wildman–Crippen MR) is 73.6 cm³/mol. The van der Waals surface area contributed by atoms with E-state index >= 15 is 0 Å². The Kier molecular flexibility index (Phi) is 4.15. The molecule has 1 N–H and O–H groups in total. The highest BCUT2D eigenvalue weighted by Gasteiger charge is 2.05. The normalized spacial score (nSPS) is 11.3. The van der Waals surface area contributed by atoms with Gasteiger partial charge in [-0.3, -0.25) is 0 Å². The fourth-order valence-electron chi connectivity index (χ4n) is 1.90. The van der Waals surface area contributed by atoms with Crippen LogP contribution in [-0.4, -0.2) is 18.8 Å². The highest BCUT2D eigenvalue weighted by Crippen LogP contribution is 2.25. The highest BCUT2D eigenvalue weighted by molar-refractivity contribution is 5.80. The standard InChI is InChI=1S/C16H16O2/c1-18-15-9-5-8-14(12-15)16(10-11-17)13-6-3-2-4-7-13/h2-10,12,17H,11H2,1H3/b16-10+. The van der Waals surface area contributed by atoms with Crippen molar-refractivity contribution in [3.8, 4) is 5.75 Å². The quantitative estimate of drug-likeness (QED) is 0.889. The van der Waals surface area contributed by atoms with Crippen molar-refractivity contribution in [3.05, 3.63) is 71.8 Å². The summed E-state index contributed by atoms with van der Waals surface area (Å²) in [5, 5.41) is 9.18. The zero-order chi connectivity index (χ0) is 12.8. The second-order valence-corrected chi connectivity index (χ2v) is 3.90. The lowest BCUT2D eigenvalue weighted by Gasteiger charge is -2.09. The molecule has 92 valence electrons. The van der Waals surface area contributed by atoms with Crippen LogP contribution in [0.5, 0.6) is 5.75 Å². The molecule has 0 aromatic heterocycles. The van der Waals surface area contributed by atoms with E-state index in [4.69, 9.17) is 4.74 Å². The van der Waals surface area contributed by atoms with Gasteiger partial charge in [0.15, 0.2) is 0 Å². The van der Waals surface area contributed by atoms with Gasteiger partial charge in [0.1, 0.15) is 5.75 Å². The first-order valence-electron chi connectivity index (χ1n) is 5.86. The predicted octanol–water partition coefficient (Wildman–Crippen LogP) is 3.12. The largest absolute Gasteiger partial charge is 0.497 e. The number of rotatable bonds is 4. The summed E-state index contributed by atoms with van der Waals surface area (Å²) in [4.78, 5) is 0. The van der Waals surface area contributed by atoms with E-state index in [1.165, 1.54) is 0 Å². The average molecular weight is 240 g/mol. The van der Waals surface area contributed by atoms with Gasteiger partial charge in [0, 0.05) is 0 Å². The van der Waals surface area contributed by atoms with Crippen molar-refractivity contribution in [2.24, 2.45) is 0 Å². The second kappa shape index (κ2) is 6.03. The van der Waals surface area contributed by atoms with E-state index in [0.29, 0.717) is 0 Å². The van der Waals surface area contributed by atoms with Crippen molar-refractivity contribution in [2.75, 3.05) is 13.7 Å². The minimum Gasteiger partial charge on any atom is -0.497 e. The average Bonchev–Trinajstić information content (AvgIpc) is 2.46. The molecule has 0 unspecified atom stereocenters. The zero-order valence-corrected chi connectivity index (χ0v) is 10.3. The van der Waals surface area contributed by atoms with Crippen LogP contribution in [-0.2, 0) is 0 Å². The van der Waals surface area contributed by atoms with Crippen LogP contribution >= 0.6 is 0 Å². The van der Waals surface area contributed by atoms with Crippen molar-refractivity contribution in [3.63, 3.8) is 0 Å². The summed E-state index contributed by atoms with van der Waals surface area (Å²) in [6.45, 7) is 0.0153. The summed E-state index contributed by atoms with van der Waals surface area (Å²) < 4.78 is 5.23. The Labute approximate surface area is 107 Å². The lowest BCUT2D eigenvalue weighted by Crippen LogP contribution is -1.91. The molecule has 0 saturated carbocycles. The fourth-order valence-corrected chi connectivity index (χ4v) is 1.90. The maximum atomic E-state index is 9.18. The minimum atomic E-state index is 0.0153. The molecule has 2 aromatic rings. The third kappa shape index (κ3) is 2.79. The van der Waals surface area contributed by atoms with Crippen molar-refractivity contribution < 1.29 is 9.84 Å². The lowest BCUT2D eigenvalue weighted by molar-refractivity contribution is 0.343. The Hall–Kier alpha value is -2.06. The molecule has 2 rings (SSSR count). The molecular formula is C16H16O2. The van der Waals surface area contributed by atoms with Gasteiger partial charge in [-0.25, -0.2) is 0 Å². The molecule has 0 aliphatic heterocycles. The van der Waals surface area contributed by atoms with E-state index < -0.39 is 0 Å². The molecule has 0 bridgehead atoms. The van der Waals surface area contributed by atoms with Crippen molar-refractivity contribution in [1.29, 1.82) is 0 Å². The molecule has 0 radical (unpaired) electrons. The molecule has 0 atom stereocenters. The van der Waals surface area contributed by atoms with Gasteiger partial charge in [-0.05, 0) is 28.8 Å². The summed E-state index contributed by atoms with van der Waals surface area (Å²) >= 11 is 0. The summed E-state index contributed by atoms with van der Waals surface area (Å²) in [5.41, 5.74) is 3.13. The van der Waals surface area contributed by atoms with Crippen molar-refractivity contribution in [1.82, 2.24) is 0 Å². The number of methoxy groups -OCH3 is 1. The second-order valence-electron chi connectivity index (χ2n) is 3.90. The SMILES string of the molecule is COc1cccc(/C(=C/CO)c2ccccc2)c1. The number of aliphatic hydroxyl groups excluding tert-OH is 1. The monoisotopic (exact) mass is 240 g/mol. The summed E-state index contributed by atoms with van der Waals surface area (Å²) in [5.74, 6) is 0.812. The summed E-state index contributed by atoms with van der Waals surface area (Å²) in [6, 6.07) is 17.8. The maximum absolute atomic E-state index is 9.18. The van der Waals surface area contributed by atoms with Crippen LogP contribution in [0.15, 0.2) is 60.7 Å². The van der Waals surface area contributed by atoms with E-state index in [0.717, 1.165) is 22.4 Å². The minimum absolute atomic E-state index is 0.0153. The Morgan fingerprint density at radius 3 is 2.44 bits per heavy atom. The Bertz CT molecular complexity index is 530. The maximum Gasteiger partial charge on any atom is 0.119 e. The van der Waals surface area contributed by atoms with Crippen LogP contribution in [0.4, 0.5) is 0 Å². The van der Waals surface area contributed by atoms with Gasteiger partial charge < -0.3 is 9.84 Å². The van der Waals surface area contributed by atoms with Crippen molar-refractivity contribution in [2.45, 2.75) is 0 Å². The Morgan fingerprint density at radius 2 is 1.78 bits per heavy atom. The molecule has 0 aliphatic carbocycles. The first-order chi connectivity index (χ1) is 8.85. The molecule has 0 spiro atoms. The van der Waals surface area contributed by atoms with Gasteiger partial charge in [-0.15, -0.1) is 0 Å². The highest BCUT2D eigenvalue weighted by atomic mass is 16.5. The third-order valence-electron chi connectivity index (χ3n) is 2.76. The third-order valence-corrected chi connectivity index (χ3v) is 2.76. The molecule has 18 heavy (non-hydrogen) atoms. The van der Waals surface area contributed by atoms with Gasteiger partial charge in [-0.2, -0.15) is 0 Å². The van der Waals surface area contributed by atoms with E-state index in [1.54, 1.807) is 7.11 Å². The molecule has 0 heterocycles. The fraction of sp³-hybridized carbons (Fsp3) is 0.125. The van der Waals surface area contributed by atoms with Gasteiger partial charge in [0.25, 0.3) is 0 Å². The molecule has 0 aliphatic rings. The number of benzene rings is 2. The van der Waals surface area contributed by atoms with Gasteiger partial charge in [0.2, 0.25) is 0 Å². The van der Waals surface area contributed by atoms with E-state index in [1.807, 2.05) is 60.7 Å². The summed E-state index contributed by atoms with van der Waals surface area (Å²) in [6.07, 6.45) is 1.81. The topological polar surface area (TPSA) is 29.5 Å². The van der Waals surface area contributed by atoms with E-state index in [2.05, 4.69) is 0 Å². The first-order valence-corrected chi connectivity index (χ1v) is 5.86. The molecule has 2 aromatic carbocycles. The lowest BCUT2D eigenvalue weighted by atomic mass is 9.97. The molecular weight excluding hydrogens is 224 g/mol. The Balaban J connectivity index is 2.45. The van der Waals surface area contributed by atoms with Crippen LogP contribution in [0.1, 0.15) is 11.1 Å². The molecule has 0 amide bonds. The number of ether oxygens (including phenoxy) is 1. The van der Waals surface area contributed by atoms with Crippen LogP contribution in [0, 0.1) is 0 Å². The summed E-state index contributed by atoms with van der Waals surface area (Å²) in [7, 11) is 1.65. The van der Waals surface area contributed by atoms with Crippen molar-refractivity contribution >= 4 is 5.57 Å². The first kappa shape index (κ1) is 12.4. The molecule has 2 heteroatoms. The molecule has 2 nitrogen and oxygen atoms in total. The van der Waals surface area contributed by atoms with Gasteiger partial charge in [-0.1, -0.05) is 48.5 Å². The van der Waals surface area contributed by atoms with Gasteiger partial charge >= 0.3 is 0 Å². The number of hydrogen-bond acceptors (Lipinski definition) is 2. The molecule has 0 fully saturated rings. The van der Waals surface area contributed by atoms with Crippen LogP contribution in [0.25, 0.3) is 5.57 Å². The van der Waals surface area contributed by atoms with Gasteiger partial charge in [0.05, 0.1) is 13.7 Å². The van der Waals surface area contributed by atoms with Crippen LogP contribution in [0.2, 0.25) is 0 Å². The van der Waals surface area contributed by atoms with Crippen LogP contribution < -0.4 is 4.74 Å². The smallest absolute Gasteiger partial charge is 0.119 e. The number of aliphatic hydroxyl groups is 1. The zero-order valence-electron chi connectivity index (χ0n) is 10.3.